The lowest BCUT2D eigenvalue weighted by Crippen LogP contribution is -1.99. The molecule has 0 radical (unpaired) electrons. The Morgan fingerprint density at radius 1 is 0.914 bits per heavy atom. The van der Waals surface area contributed by atoms with Crippen LogP contribution in [0.4, 0.5) is 0 Å². The highest BCUT2D eigenvalue weighted by atomic mass is 16.5. The molecule has 1 aliphatic carbocycles. The number of fused-ring (bicyclic) bond motifs is 3. The first kappa shape index (κ1) is 21.0. The van der Waals surface area contributed by atoms with E-state index in [0.717, 1.165) is 45.6 Å². The van der Waals surface area contributed by atoms with Crippen molar-refractivity contribution in [1.29, 1.82) is 0 Å². The van der Waals surface area contributed by atoms with Gasteiger partial charge in [0.05, 0.1) is 18.5 Å². The number of phenols is 1. The number of aromatic hydroxyl groups is 1. The number of pyridine rings is 1. The van der Waals surface area contributed by atoms with Crippen molar-refractivity contribution < 1.29 is 14.6 Å². The number of benzene rings is 3. The summed E-state index contributed by atoms with van der Waals surface area (Å²) < 4.78 is 11.7. The number of H-pyrrole nitrogens is 1. The van der Waals surface area contributed by atoms with Crippen molar-refractivity contribution in [3.8, 4) is 50.9 Å². The van der Waals surface area contributed by atoms with Crippen LogP contribution < -0.4 is 9.47 Å². The number of aromatic nitrogens is 3. The predicted octanol–water partition coefficient (Wildman–Crippen LogP) is 6.00. The molecular weight excluding hydrogens is 438 g/mol. The second-order valence-electron chi connectivity index (χ2n) is 8.54. The minimum absolute atomic E-state index is 0.263. The van der Waals surface area contributed by atoms with E-state index in [9.17, 15) is 5.11 Å². The van der Waals surface area contributed by atoms with Crippen molar-refractivity contribution in [1.82, 2.24) is 15.2 Å². The number of nitrogens with one attached hydrogen (secondary N) is 1. The van der Waals surface area contributed by atoms with Gasteiger partial charge in [0.15, 0.2) is 11.5 Å². The normalized spacial score (nSPS) is 11.7. The first-order valence-electron chi connectivity index (χ1n) is 11.4. The fourth-order valence-electron chi connectivity index (χ4n) is 4.56. The van der Waals surface area contributed by atoms with Gasteiger partial charge in [-0.15, -0.1) is 0 Å². The first-order valence-corrected chi connectivity index (χ1v) is 11.4. The third-order valence-corrected chi connectivity index (χ3v) is 6.37. The van der Waals surface area contributed by atoms with Crippen LogP contribution in [0.5, 0.6) is 17.2 Å². The van der Waals surface area contributed by atoms with Crippen molar-refractivity contribution >= 4 is 0 Å². The van der Waals surface area contributed by atoms with Gasteiger partial charge in [0.2, 0.25) is 0 Å². The summed E-state index contributed by atoms with van der Waals surface area (Å²) in [4.78, 5) is 4.15. The van der Waals surface area contributed by atoms with Crippen LogP contribution in [0.25, 0.3) is 33.6 Å². The summed E-state index contributed by atoms with van der Waals surface area (Å²) in [5.41, 5.74) is 9.60. The zero-order valence-corrected chi connectivity index (χ0v) is 19.2. The number of rotatable bonds is 6. The van der Waals surface area contributed by atoms with Gasteiger partial charge in [-0.3, -0.25) is 10.1 Å². The molecule has 0 saturated heterocycles. The van der Waals surface area contributed by atoms with Gasteiger partial charge in [0.25, 0.3) is 0 Å². The zero-order valence-electron chi connectivity index (χ0n) is 19.2. The average Bonchev–Trinajstić information content (AvgIpc) is 3.47. The Bertz CT molecular complexity index is 1490. The standard InChI is InChI=1S/C29H23N3O3/c1-34-26-14-22-13-25-28(21-6-4-19(5-7-21)20-8-10-23(33)11-9-20)31-32-29(25)24(22)15-27(26)35-17-18-3-2-12-30-16-18/h2-12,14-16,33H,13,17H2,1H3,(H,31,32). The lowest BCUT2D eigenvalue weighted by molar-refractivity contribution is 0.284. The fourth-order valence-corrected chi connectivity index (χ4v) is 4.56. The summed E-state index contributed by atoms with van der Waals surface area (Å²) in [6.45, 7) is 0.414. The summed E-state index contributed by atoms with van der Waals surface area (Å²) in [5.74, 6) is 1.67. The van der Waals surface area contributed by atoms with Gasteiger partial charge in [-0.1, -0.05) is 42.5 Å². The van der Waals surface area contributed by atoms with Crippen molar-refractivity contribution in [2.45, 2.75) is 13.0 Å². The Hall–Kier alpha value is -4.58. The van der Waals surface area contributed by atoms with Crippen molar-refractivity contribution in [2.75, 3.05) is 7.11 Å². The number of hydrogen-bond donors (Lipinski definition) is 2. The highest BCUT2D eigenvalue weighted by Crippen LogP contribution is 2.45. The van der Waals surface area contributed by atoms with E-state index in [-0.39, 0.29) is 5.75 Å². The lowest BCUT2D eigenvalue weighted by atomic mass is 10.0. The third-order valence-electron chi connectivity index (χ3n) is 6.37. The SMILES string of the molecule is COc1cc2c(cc1OCc1cccnc1)-c1[nH]nc(-c3ccc(-c4ccc(O)cc4)cc3)c1C2. The Morgan fingerprint density at radius 2 is 1.66 bits per heavy atom. The topological polar surface area (TPSA) is 80.3 Å². The molecule has 0 atom stereocenters. The van der Waals surface area contributed by atoms with Crippen molar-refractivity contribution in [2.24, 2.45) is 0 Å². The van der Waals surface area contributed by atoms with Gasteiger partial charge in [0, 0.05) is 41.1 Å². The molecular formula is C29H23N3O3. The van der Waals surface area contributed by atoms with Crippen LogP contribution in [0.1, 0.15) is 16.7 Å². The quantitative estimate of drug-likeness (QED) is 0.318. The van der Waals surface area contributed by atoms with Crippen LogP contribution in [0.3, 0.4) is 0 Å². The molecule has 0 spiro atoms. The van der Waals surface area contributed by atoms with Gasteiger partial charge in [-0.25, -0.2) is 0 Å². The third kappa shape index (κ3) is 3.89. The van der Waals surface area contributed by atoms with Gasteiger partial charge in [-0.2, -0.15) is 5.10 Å². The van der Waals surface area contributed by atoms with Gasteiger partial charge >= 0.3 is 0 Å². The second kappa shape index (κ2) is 8.65. The maximum atomic E-state index is 9.54. The molecule has 6 rings (SSSR count). The summed E-state index contributed by atoms with van der Waals surface area (Å²) in [6, 6.07) is 23.5. The molecule has 0 aliphatic heterocycles. The van der Waals surface area contributed by atoms with Crippen LogP contribution in [0.2, 0.25) is 0 Å². The monoisotopic (exact) mass is 461 g/mol. The van der Waals surface area contributed by atoms with E-state index in [2.05, 4.69) is 45.5 Å². The second-order valence-corrected chi connectivity index (χ2v) is 8.54. The molecule has 0 saturated carbocycles. The van der Waals surface area contributed by atoms with E-state index in [1.807, 2.05) is 30.3 Å². The molecule has 35 heavy (non-hydrogen) atoms. The van der Waals surface area contributed by atoms with Gasteiger partial charge in [-0.05, 0) is 47.0 Å². The maximum Gasteiger partial charge on any atom is 0.162 e. The Labute approximate surface area is 202 Å². The molecule has 1 aliphatic rings. The molecule has 0 fully saturated rings. The molecule has 6 heteroatoms. The van der Waals surface area contributed by atoms with Crippen LogP contribution in [-0.2, 0) is 13.0 Å². The maximum absolute atomic E-state index is 9.54. The molecule has 2 heterocycles. The van der Waals surface area contributed by atoms with E-state index in [1.165, 1.54) is 11.1 Å². The molecule has 0 amide bonds. The van der Waals surface area contributed by atoms with Crippen molar-refractivity contribution in [3.05, 3.63) is 102 Å². The van der Waals surface area contributed by atoms with E-state index in [1.54, 1.807) is 31.6 Å². The minimum Gasteiger partial charge on any atom is -0.508 e. The van der Waals surface area contributed by atoms with E-state index in [0.29, 0.717) is 18.1 Å². The predicted molar refractivity (Wildman–Crippen MR) is 134 cm³/mol. The highest BCUT2D eigenvalue weighted by molar-refractivity contribution is 5.83. The number of hydrogen-bond acceptors (Lipinski definition) is 5. The zero-order chi connectivity index (χ0) is 23.8. The number of ether oxygens (including phenoxy) is 2. The Kier molecular flexibility index (Phi) is 5.19. The van der Waals surface area contributed by atoms with Gasteiger partial charge in [0.1, 0.15) is 12.4 Å². The van der Waals surface area contributed by atoms with Crippen LogP contribution in [0.15, 0.2) is 85.2 Å². The smallest absolute Gasteiger partial charge is 0.162 e. The molecule has 6 nitrogen and oxygen atoms in total. The molecule has 2 aromatic heterocycles. The van der Waals surface area contributed by atoms with Crippen LogP contribution >= 0.6 is 0 Å². The summed E-state index contributed by atoms with van der Waals surface area (Å²) >= 11 is 0. The molecule has 0 unspecified atom stereocenters. The largest absolute Gasteiger partial charge is 0.508 e. The minimum atomic E-state index is 0.263. The van der Waals surface area contributed by atoms with Crippen molar-refractivity contribution in [3.63, 3.8) is 0 Å². The lowest BCUT2D eigenvalue weighted by Gasteiger charge is -2.13. The Morgan fingerprint density at radius 3 is 2.37 bits per heavy atom. The molecule has 3 aromatic carbocycles. The Balaban J connectivity index is 1.29. The fraction of sp³-hybridized carbons (Fsp3) is 0.103. The molecule has 5 aromatic rings. The number of phenolic OH excluding ortho intramolecular Hbond substituents is 1. The van der Waals surface area contributed by atoms with Crippen LogP contribution in [0, 0.1) is 0 Å². The van der Waals surface area contributed by atoms with E-state index >= 15 is 0 Å². The number of nitrogens with zero attached hydrogens (tertiary/aromatic N) is 2. The van der Waals surface area contributed by atoms with Crippen LogP contribution in [-0.4, -0.2) is 27.4 Å². The number of aromatic amines is 1. The summed E-state index contributed by atoms with van der Waals surface area (Å²) in [6.07, 6.45) is 4.32. The van der Waals surface area contributed by atoms with Gasteiger partial charge < -0.3 is 14.6 Å². The first-order chi connectivity index (χ1) is 17.2. The molecule has 2 N–H and O–H groups in total. The molecule has 172 valence electrons. The van der Waals surface area contributed by atoms with E-state index in [4.69, 9.17) is 9.47 Å². The summed E-state index contributed by atoms with van der Waals surface area (Å²) in [5, 5.41) is 17.4. The van der Waals surface area contributed by atoms with E-state index < -0.39 is 0 Å². The molecule has 0 bridgehead atoms. The average molecular weight is 462 g/mol. The number of methoxy groups -OCH3 is 1. The summed E-state index contributed by atoms with van der Waals surface area (Å²) in [7, 11) is 1.66. The highest BCUT2D eigenvalue weighted by Gasteiger charge is 2.27.